The topological polar surface area (TPSA) is 105 Å². The number of methoxy groups -OCH3 is 1. The van der Waals surface area contributed by atoms with Gasteiger partial charge < -0.3 is 20.3 Å². The molecule has 2 rings (SSSR count). The first-order valence-corrected chi connectivity index (χ1v) is 10.2. The molecule has 1 saturated heterocycles. The van der Waals surface area contributed by atoms with Gasteiger partial charge in [0.15, 0.2) is 9.84 Å². The van der Waals surface area contributed by atoms with E-state index in [4.69, 9.17) is 4.74 Å². The van der Waals surface area contributed by atoms with Gasteiger partial charge in [0.2, 0.25) is 5.91 Å². The number of hydrogen-bond acceptors (Lipinski definition) is 5. The molecular weight excluding hydrogens is 358 g/mol. The molecule has 0 aromatic heterocycles. The zero-order valence-electron chi connectivity index (χ0n) is 15.2. The Morgan fingerprint density at radius 2 is 1.96 bits per heavy atom. The first-order chi connectivity index (χ1) is 12.3. The SMILES string of the molecule is CCN(Cc1ccccc1NC(=O)NC1CS(=O)(=O)CC1OC)C(C)=O. The Labute approximate surface area is 153 Å². The first-order valence-electron chi connectivity index (χ1n) is 8.40. The third-order valence-corrected chi connectivity index (χ3v) is 6.08. The number of amides is 3. The standard InChI is InChI=1S/C17H25N3O5S/c1-4-20(12(2)21)9-13-7-5-6-8-14(13)18-17(22)19-15-10-26(23,24)11-16(15)25-3/h5-8,15-16H,4,9-11H2,1-3H3,(H2,18,19,22). The number of para-hydroxylation sites is 1. The zero-order chi connectivity index (χ0) is 19.3. The van der Waals surface area contributed by atoms with E-state index in [1.165, 1.54) is 14.0 Å². The van der Waals surface area contributed by atoms with Gasteiger partial charge in [0.25, 0.3) is 0 Å². The first kappa shape index (κ1) is 20.2. The number of benzene rings is 1. The Morgan fingerprint density at radius 1 is 1.27 bits per heavy atom. The van der Waals surface area contributed by atoms with Crippen LogP contribution < -0.4 is 10.6 Å². The molecule has 0 aliphatic carbocycles. The molecule has 1 heterocycles. The van der Waals surface area contributed by atoms with Crippen molar-refractivity contribution in [3.05, 3.63) is 29.8 Å². The van der Waals surface area contributed by atoms with Crippen LogP contribution in [0.2, 0.25) is 0 Å². The average molecular weight is 383 g/mol. The largest absolute Gasteiger partial charge is 0.378 e. The summed E-state index contributed by atoms with van der Waals surface area (Å²) < 4.78 is 28.6. The number of rotatable bonds is 6. The number of carbonyl (C=O) groups excluding carboxylic acids is 2. The van der Waals surface area contributed by atoms with Gasteiger partial charge in [0.05, 0.1) is 23.7 Å². The molecule has 0 radical (unpaired) electrons. The highest BCUT2D eigenvalue weighted by Crippen LogP contribution is 2.19. The van der Waals surface area contributed by atoms with Crippen LogP contribution in [0.3, 0.4) is 0 Å². The summed E-state index contributed by atoms with van der Waals surface area (Å²) in [5.74, 6) is -0.297. The lowest BCUT2D eigenvalue weighted by Crippen LogP contribution is -2.45. The van der Waals surface area contributed by atoms with Crippen LogP contribution in [0.25, 0.3) is 0 Å². The second kappa shape index (κ2) is 8.50. The molecule has 1 aromatic rings. The molecule has 1 aliphatic rings. The molecule has 1 aliphatic heterocycles. The summed E-state index contributed by atoms with van der Waals surface area (Å²) in [4.78, 5) is 25.6. The summed E-state index contributed by atoms with van der Waals surface area (Å²) in [7, 11) is -1.80. The molecule has 2 N–H and O–H groups in total. The normalized spacial score (nSPS) is 21.2. The highest BCUT2D eigenvalue weighted by atomic mass is 32.2. The predicted octanol–water partition coefficient (Wildman–Crippen LogP) is 0.988. The number of sulfone groups is 1. The lowest BCUT2D eigenvalue weighted by molar-refractivity contribution is -0.129. The Morgan fingerprint density at radius 3 is 2.58 bits per heavy atom. The summed E-state index contributed by atoms with van der Waals surface area (Å²) in [5.41, 5.74) is 1.36. The Hall–Kier alpha value is -2.13. The van der Waals surface area contributed by atoms with Crippen LogP contribution in [0.15, 0.2) is 24.3 Å². The van der Waals surface area contributed by atoms with Gasteiger partial charge in [-0.3, -0.25) is 4.79 Å². The van der Waals surface area contributed by atoms with Gasteiger partial charge in [0, 0.05) is 32.8 Å². The van der Waals surface area contributed by atoms with Crippen molar-refractivity contribution in [2.75, 3.05) is 30.5 Å². The van der Waals surface area contributed by atoms with Crippen LogP contribution in [0.1, 0.15) is 19.4 Å². The maximum atomic E-state index is 12.3. The summed E-state index contributed by atoms with van der Waals surface area (Å²) in [6.45, 7) is 4.32. The predicted molar refractivity (Wildman–Crippen MR) is 98.6 cm³/mol. The third kappa shape index (κ3) is 5.18. The number of carbonyl (C=O) groups is 2. The van der Waals surface area contributed by atoms with E-state index in [0.29, 0.717) is 18.8 Å². The minimum atomic E-state index is -3.22. The van der Waals surface area contributed by atoms with Crippen molar-refractivity contribution in [1.29, 1.82) is 0 Å². The zero-order valence-corrected chi connectivity index (χ0v) is 16.0. The Balaban J connectivity index is 2.06. The van der Waals surface area contributed by atoms with Crippen LogP contribution in [0, 0.1) is 0 Å². The van der Waals surface area contributed by atoms with Crippen molar-refractivity contribution < 1.29 is 22.7 Å². The van der Waals surface area contributed by atoms with Gasteiger partial charge >= 0.3 is 6.03 Å². The van der Waals surface area contributed by atoms with E-state index < -0.39 is 28.0 Å². The van der Waals surface area contributed by atoms with Gasteiger partial charge in [-0.25, -0.2) is 13.2 Å². The molecular formula is C17H25N3O5S. The van der Waals surface area contributed by atoms with Gasteiger partial charge in [-0.05, 0) is 18.6 Å². The average Bonchev–Trinajstić information content (AvgIpc) is 2.87. The van der Waals surface area contributed by atoms with Crippen molar-refractivity contribution in [3.8, 4) is 0 Å². The minimum Gasteiger partial charge on any atom is -0.378 e. The fourth-order valence-corrected chi connectivity index (χ4v) is 4.79. The molecule has 0 spiro atoms. The van der Waals surface area contributed by atoms with E-state index in [1.807, 2.05) is 19.1 Å². The molecule has 9 heteroatoms. The third-order valence-electron chi connectivity index (χ3n) is 4.37. The van der Waals surface area contributed by atoms with Gasteiger partial charge in [0.1, 0.15) is 0 Å². The summed E-state index contributed by atoms with van der Waals surface area (Å²) >= 11 is 0. The maximum absolute atomic E-state index is 12.3. The number of nitrogens with zero attached hydrogens (tertiary/aromatic N) is 1. The van der Waals surface area contributed by atoms with Crippen molar-refractivity contribution in [2.24, 2.45) is 0 Å². The number of urea groups is 1. The van der Waals surface area contributed by atoms with Crippen LogP contribution >= 0.6 is 0 Å². The number of ether oxygens (including phenoxy) is 1. The molecule has 144 valence electrons. The number of hydrogen-bond donors (Lipinski definition) is 2. The molecule has 26 heavy (non-hydrogen) atoms. The van der Waals surface area contributed by atoms with E-state index in [0.717, 1.165) is 5.56 Å². The lowest BCUT2D eigenvalue weighted by atomic mass is 10.1. The van der Waals surface area contributed by atoms with Crippen LogP contribution in [-0.4, -0.2) is 62.6 Å². The van der Waals surface area contributed by atoms with E-state index in [9.17, 15) is 18.0 Å². The molecule has 0 saturated carbocycles. The van der Waals surface area contributed by atoms with Crippen molar-refractivity contribution in [1.82, 2.24) is 10.2 Å². The van der Waals surface area contributed by atoms with E-state index in [1.54, 1.807) is 17.0 Å². The van der Waals surface area contributed by atoms with Crippen LogP contribution in [0.5, 0.6) is 0 Å². The molecule has 0 bridgehead atoms. The summed E-state index contributed by atoms with van der Waals surface area (Å²) in [6.07, 6.45) is -0.561. The minimum absolute atomic E-state index is 0.0501. The molecule has 2 unspecified atom stereocenters. The van der Waals surface area contributed by atoms with Gasteiger partial charge in [-0.1, -0.05) is 18.2 Å². The second-order valence-electron chi connectivity index (χ2n) is 6.25. The molecule has 1 aromatic carbocycles. The molecule has 3 amide bonds. The van der Waals surface area contributed by atoms with Gasteiger partial charge in [-0.2, -0.15) is 0 Å². The quantitative estimate of drug-likeness (QED) is 0.762. The summed E-state index contributed by atoms with van der Waals surface area (Å²) in [5, 5.41) is 5.41. The van der Waals surface area contributed by atoms with E-state index in [-0.39, 0.29) is 17.4 Å². The lowest BCUT2D eigenvalue weighted by Gasteiger charge is -2.22. The Kier molecular flexibility index (Phi) is 6.60. The smallest absolute Gasteiger partial charge is 0.319 e. The molecule has 1 fully saturated rings. The van der Waals surface area contributed by atoms with Crippen molar-refractivity contribution in [3.63, 3.8) is 0 Å². The highest BCUT2D eigenvalue weighted by Gasteiger charge is 2.38. The molecule has 2 atom stereocenters. The monoisotopic (exact) mass is 383 g/mol. The number of anilines is 1. The van der Waals surface area contributed by atoms with Crippen LogP contribution in [0.4, 0.5) is 10.5 Å². The van der Waals surface area contributed by atoms with Gasteiger partial charge in [-0.15, -0.1) is 0 Å². The fourth-order valence-electron chi connectivity index (χ4n) is 2.94. The van der Waals surface area contributed by atoms with E-state index >= 15 is 0 Å². The molecule has 8 nitrogen and oxygen atoms in total. The highest BCUT2D eigenvalue weighted by molar-refractivity contribution is 7.91. The second-order valence-corrected chi connectivity index (χ2v) is 8.40. The van der Waals surface area contributed by atoms with Crippen molar-refractivity contribution >= 4 is 27.5 Å². The van der Waals surface area contributed by atoms with Crippen LogP contribution in [-0.2, 0) is 25.9 Å². The summed E-state index contributed by atoms with van der Waals surface area (Å²) in [6, 6.07) is 6.08. The number of nitrogens with one attached hydrogen (secondary N) is 2. The Bertz CT molecular complexity index is 765. The maximum Gasteiger partial charge on any atom is 0.319 e. The fraction of sp³-hybridized carbons (Fsp3) is 0.529. The van der Waals surface area contributed by atoms with Crippen molar-refractivity contribution in [2.45, 2.75) is 32.5 Å². The van der Waals surface area contributed by atoms with E-state index in [2.05, 4.69) is 10.6 Å².